The van der Waals surface area contributed by atoms with Gasteiger partial charge in [-0.15, -0.1) is 0 Å². The lowest BCUT2D eigenvalue weighted by Crippen LogP contribution is -2.29. The summed E-state index contributed by atoms with van der Waals surface area (Å²) in [5.74, 6) is 0.0441. The predicted octanol–water partition coefficient (Wildman–Crippen LogP) is 5.38. The minimum absolute atomic E-state index is 0.0441. The van der Waals surface area contributed by atoms with Crippen molar-refractivity contribution in [3.8, 4) is 0 Å². The molecule has 4 rings (SSSR count). The Balaban J connectivity index is 1.75. The molecule has 2 aliphatic rings. The summed E-state index contributed by atoms with van der Waals surface area (Å²) in [4.78, 5) is 23.9. The average Bonchev–Trinajstić information content (AvgIpc) is 3.18. The number of amidine groups is 1. The molecule has 138 valence electrons. The van der Waals surface area contributed by atoms with E-state index in [-0.39, 0.29) is 5.91 Å². The highest BCUT2D eigenvalue weighted by atomic mass is 32.2. The lowest BCUT2D eigenvalue weighted by Gasteiger charge is -2.19. The standard InChI is InChI=1S/C21H21N3OS2/c1-4-23-16-11-6-7-12-17(16)26-20(23)18-19(25)24(5-2)21(27-18)22-15-10-8-9-14(3)13-15/h6-13H,4-5H2,1-3H3. The van der Waals surface area contributed by atoms with Crippen LogP contribution in [0.3, 0.4) is 0 Å². The fourth-order valence-electron chi connectivity index (χ4n) is 3.22. The van der Waals surface area contributed by atoms with Gasteiger partial charge in [0, 0.05) is 18.0 Å². The normalized spacial score (nSPS) is 20.7. The van der Waals surface area contributed by atoms with E-state index in [1.165, 1.54) is 22.3 Å². The number of amides is 1. The van der Waals surface area contributed by atoms with Crippen molar-refractivity contribution in [2.45, 2.75) is 25.7 Å². The van der Waals surface area contributed by atoms with Crippen LogP contribution in [0.2, 0.25) is 0 Å². The third-order valence-corrected chi connectivity index (χ3v) is 6.90. The smallest absolute Gasteiger partial charge is 0.269 e. The first-order valence-electron chi connectivity index (χ1n) is 9.06. The van der Waals surface area contributed by atoms with E-state index in [1.807, 2.05) is 50.2 Å². The number of carbonyl (C=O) groups is 1. The number of thioether (sulfide) groups is 2. The van der Waals surface area contributed by atoms with Gasteiger partial charge in [-0.1, -0.05) is 36.0 Å². The van der Waals surface area contributed by atoms with Gasteiger partial charge in [0.05, 0.1) is 11.4 Å². The maximum Gasteiger partial charge on any atom is 0.269 e. The zero-order valence-electron chi connectivity index (χ0n) is 15.6. The van der Waals surface area contributed by atoms with Gasteiger partial charge in [-0.05, 0) is 62.4 Å². The number of hydrogen-bond acceptors (Lipinski definition) is 5. The maximum absolute atomic E-state index is 13.1. The predicted molar refractivity (Wildman–Crippen MR) is 116 cm³/mol. The monoisotopic (exact) mass is 395 g/mol. The number of anilines is 1. The van der Waals surface area contributed by atoms with E-state index in [0.717, 1.165) is 32.9 Å². The zero-order chi connectivity index (χ0) is 19.0. The highest BCUT2D eigenvalue weighted by Crippen LogP contribution is 2.50. The molecule has 0 saturated carbocycles. The van der Waals surface area contributed by atoms with Crippen LogP contribution in [0, 0.1) is 6.92 Å². The number of fused-ring (bicyclic) bond motifs is 1. The first-order valence-corrected chi connectivity index (χ1v) is 10.7. The Bertz CT molecular complexity index is 967. The minimum atomic E-state index is 0.0441. The van der Waals surface area contributed by atoms with E-state index in [4.69, 9.17) is 4.99 Å². The van der Waals surface area contributed by atoms with Crippen LogP contribution in [0.25, 0.3) is 0 Å². The summed E-state index contributed by atoms with van der Waals surface area (Å²) >= 11 is 3.16. The summed E-state index contributed by atoms with van der Waals surface area (Å²) in [5.41, 5.74) is 3.21. The van der Waals surface area contributed by atoms with Crippen molar-refractivity contribution in [3.63, 3.8) is 0 Å². The lowest BCUT2D eigenvalue weighted by atomic mass is 10.2. The van der Waals surface area contributed by atoms with E-state index in [0.29, 0.717) is 6.54 Å². The topological polar surface area (TPSA) is 35.9 Å². The fraction of sp³-hybridized carbons (Fsp3) is 0.238. The Kier molecular flexibility index (Phi) is 5.02. The number of nitrogens with zero attached hydrogens (tertiary/aromatic N) is 3. The maximum atomic E-state index is 13.1. The first-order chi connectivity index (χ1) is 13.1. The molecule has 2 aromatic carbocycles. The molecular formula is C21H21N3OS2. The largest absolute Gasteiger partial charge is 0.334 e. The van der Waals surface area contributed by atoms with Crippen molar-refractivity contribution >= 4 is 46.0 Å². The molecule has 1 saturated heterocycles. The molecule has 0 radical (unpaired) electrons. The molecule has 0 atom stereocenters. The van der Waals surface area contributed by atoms with Crippen LogP contribution in [0.15, 0.2) is 68.4 Å². The van der Waals surface area contributed by atoms with Gasteiger partial charge in [0.2, 0.25) is 0 Å². The van der Waals surface area contributed by atoms with Crippen molar-refractivity contribution < 1.29 is 4.79 Å². The van der Waals surface area contributed by atoms with Crippen molar-refractivity contribution in [2.24, 2.45) is 4.99 Å². The molecule has 0 aromatic heterocycles. The summed E-state index contributed by atoms with van der Waals surface area (Å²) in [6.45, 7) is 7.59. The number of aliphatic imine (C=N–C) groups is 1. The van der Waals surface area contributed by atoms with Gasteiger partial charge in [-0.3, -0.25) is 9.69 Å². The van der Waals surface area contributed by atoms with Gasteiger partial charge >= 0.3 is 0 Å². The SMILES string of the molecule is CCN1C(=O)C(=C2Sc3ccccc3N2CC)SC1=Nc1cccc(C)c1. The Hall–Kier alpha value is -2.18. The van der Waals surface area contributed by atoms with Gasteiger partial charge in [-0.2, -0.15) is 0 Å². The van der Waals surface area contributed by atoms with Crippen molar-refractivity contribution in [1.29, 1.82) is 0 Å². The van der Waals surface area contributed by atoms with Crippen LogP contribution >= 0.6 is 23.5 Å². The molecule has 0 spiro atoms. The summed E-state index contributed by atoms with van der Waals surface area (Å²) < 4.78 is 0. The number of carbonyl (C=O) groups excluding carboxylic acids is 1. The number of likely N-dealkylation sites (N-methyl/N-ethyl adjacent to an activating group) is 1. The molecule has 6 heteroatoms. The van der Waals surface area contributed by atoms with Gasteiger partial charge < -0.3 is 4.90 Å². The number of aryl methyl sites for hydroxylation is 1. The highest BCUT2D eigenvalue weighted by molar-refractivity contribution is 8.19. The van der Waals surface area contributed by atoms with Crippen LogP contribution in [-0.2, 0) is 4.79 Å². The highest BCUT2D eigenvalue weighted by Gasteiger charge is 2.38. The summed E-state index contributed by atoms with van der Waals surface area (Å²) in [6, 6.07) is 16.4. The first kappa shape index (κ1) is 18.2. The molecule has 0 N–H and O–H groups in total. The molecule has 27 heavy (non-hydrogen) atoms. The Morgan fingerprint density at radius 3 is 2.48 bits per heavy atom. The van der Waals surface area contributed by atoms with Crippen LogP contribution in [0.4, 0.5) is 11.4 Å². The average molecular weight is 396 g/mol. The minimum Gasteiger partial charge on any atom is -0.334 e. The molecule has 0 bridgehead atoms. The number of hydrogen-bond donors (Lipinski definition) is 0. The molecule has 0 aliphatic carbocycles. The van der Waals surface area contributed by atoms with E-state index in [2.05, 4.69) is 24.0 Å². The quantitative estimate of drug-likeness (QED) is 0.654. The van der Waals surface area contributed by atoms with Crippen LogP contribution < -0.4 is 4.90 Å². The van der Waals surface area contributed by atoms with E-state index in [9.17, 15) is 4.79 Å². The fourth-order valence-corrected chi connectivity index (χ4v) is 5.68. The second kappa shape index (κ2) is 7.44. The Morgan fingerprint density at radius 1 is 0.963 bits per heavy atom. The number of rotatable bonds is 3. The van der Waals surface area contributed by atoms with E-state index < -0.39 is 0 Å². The molecule has 4 nitrogen and oxygen atoms in total. The number of benzene rings is 2. The lowest BCUT2D eigenvalue weighted by molar-refractivity contribution is -0.122. The van der Waals surface area contributed by atoms with Crippen LogP contribution in [0.1, 0.15) is 19.4 Å². The summed E-state index contributed by atoms with van der Waals surface area (Å²) in [6.07, 6.45) is 0. The Morgan fingerprint density at radius 2 is 1.74 bits per heavy atom. The second-order valence-corrected chi connectivity index (χ2v) is 8.34. The molecule has 2 aromatic rings. The zero-order valence-corrected chi connectivity index (χ0v) is 17.2. The Labute approximate surface area is 168 Å². The molecular weight excluding hydrogens is 374 g/mol. The van der Waals surface area contributed by atoms with E-state index >= 15 is 0 Å². The van der Waals surface area contributed by atoms with Gasteiger partial charge in [0.15, 0.2) is 5.17 Å². The van der Waals surface area contributed by atoms with Gasteiger partial charge in [0.25, 0.3) is 5.91 Å². The molecule has 2 heterocycles. The molecule has 2 aliphatic heterocycles. The second-order valence-electron chi connectivity index (χ2n) is 6.33. The molecule has 1 amide bonds. The van der Waals surface area contributed by atoms with Crippen LogP contribution in [0.5, 0.6) is 0 Å². The van der Waals surface area contributed by atoms with Crippen molar-refractivity contribution in [3.05, 3.63) is 64.0 Å². The van der Waals surface area contributed by atoms with E-state index in [1.54, 1.807) is 16.7 Å². The number of para-hydroxylation sites is 1. The van der Waals surface area contributed by atoms with Crippen LogP contribution in [-0.4, -0.2) is 29.1 Å². The third kappa shape index (κ3) is 3.28. The van der Waals surface area contributed by atoms with Gasteiger partial charge in [-0.25, -0.2) is 4.99 Å². The summed E-state index contributed by atoms with van der Waals surface area (Å²) in [5, 5.41) is 1.77. The van der Waals surface area contributed by atoms with Crippen molar-refractivity contribution in [1.82, 2.24) is 4.90 Å². The van der Waals surface area contributed by atoms with Gasteiger partial charge in [0.1, 0.15) is 9.93 Å². The molecule has 0 unspecified atom stereocenters. The molecule has 1 fully saturated rings. The third-order valence-electron chi connectivity index (χ3n) is 4.52. The summed E-state index contributed by atoms with van der Waals surface area (Å²) in [7, 11) is 0. The van der Waals surface area contributed by atoms with Crippen molar-refractivity contribution in [2.75, 3.05) is 18.0 Å².